The fourth-order valence-corrected chi connectivity index (χ4v) is 3.68. The zero-order valence-electron chi connectivity index (χ0n) is 14.0. The summed E-state index contributed by atoms with van der Waals surface area (Å²) in [5.41, 5.74) is 1.67. The molecule has 1 fully saturated rings. The molecule has 2 aromatic rings. The molecular formula is C18H24FN3O2. The molecule has 1 aromatic carbocycles. The number of aryl methyl sites for hydroxylation is 1. The van der Waals surface area contributed by atoms with E-state index in [9.17, 15) is 9.18 Å². The van der Waals surface area contributed by atoms with Crippen LogP contribution in [0.1, 0.15) is 38.4 Å². The molecule has 2 heterocycles. The third-order valence-electron chi connectivity index (χ3n) is 4.84. The van der Waals surface area contributed by atoms with E-state index in [1.54, 1.807) is 6.07 Å². The van der Waals surface area contributed by atoms with Crippen LogP contribution < -0.4 is 0 Å². The van der Waals surface area contributed by atoms with Crippen molar-refractivity contribution in [2.24, 2.45) is 5.92 Å². The first-order chi connectivity index (χ1) is 11.6. The van der Waals surface area contributed by atoms with Gasteiger partial charge in [-0.25, -0.2) is 9.37 Å². The molecule has 0 radical (unpaired) electrons. The fraction of sp³-hybridized carbons (Fsp3) is 0.556. The highest BCUT2D eigenvalue weighted by atomic mass is 19.1. The van der Waals surface area contributed by atoms with E-state index < -0.39 is 5.97 Å². The zero-order chi connectivity index (χ0) is 17.1. The highest BCUT2D eigenvalue weighted by molar-refractivity contribution is 5.76. The molecule has 6 heteroatoms. The maximum Gasteiger partial charge on any atom is 0.303 e. The number of piperidine rings is 1. The first-order valence-corrected chi connectivity index (χ1v) is 8.65. The van der Waals surface area contributed by atoms with Crippen molar-refractivity contribution >= 4 is 17.0 Å². The van der Waals surface area contributed by atoms with E-state index in [4.69, 9.17) is 5.11 Å². The van der Waals surface area contributed by atoms with Gasteiger partial charge in [0.2, 0.25) is 0 Å². The highest BCUT2D eigenvalue weighted by Crippen LogP contribution is 2.24. The number of imidazole rings is 1. The number of carboxylic acids is 1. The van der Waals surface area contributed by atoms with E-state index in [0.29, 0.717) is 11.4 Å². The minimum absolute atomic E-state index is 0.241. The molecule has 0 bridgehead atoms. The second kappa shape index (κ2) is 7.30. The Labute approximate surface area is 141 Å². The van der Waals surface area contributed by atoms with Crippen LogP contribution in [0.15, 0.2) is 18.2 Å². The second-order valence-corrected chi connectivity index (χ2v) is 6.58. The Morgan fingerprint density at radius 3 is 3.04 bits per heavy atom. The van der Waals surface area contributed by atoms with Crippen LogP contribution in [0.2, 0.25) is 0 Å². The predicted molar refractivity (Wildman–Crippen MR) is 90.2 cm³/mol. The Morgan fingerprint density at radius 1 is 1.46 bits per heavy atom. The molecule has 0 aliphatic carbocycles. The molecule has 1 atom stereocenters. The summed E-state index contributed by atoms with van der Waals surface area (Å²) in [6.07, 6.45) is 3.16. The number of aliphatic carboxylic acids is 1. The van der Waals surface area contributed by atoms with Crippen molar-refractivity contribution in [2.45, 2.75) is 45.7 Å². The van der Waals surface area contributed by atoms with Gasteiger partial charge >= 0.3 is 5.97 Å². The number of carbonyl (C=O) groups is 1. The van der Waals surface area contributed by atoms with E-state index in [0.717, 1.165) is 56.8 Å². The first-order valence-electron chi connectivity index (χ1n) is 8.65. The SMILES string of the molecule is CCn1c(CN2CCCC(CCC(=O)O)C2)nc2cc(F)ccc21. The lowest BCUT2D eigenvalue weighted by molar-refractivity contribution is -0.137. The molecule has 1 saturated heterocycles. The van der Waals surface area contributed by atoms with Gasteiger partial charge in [0.1, 0.15) is 11.6 Å². The summed E-state index contributed by atoms with van der Waals surface area (Å²) in [6.45, 7) is 5.51. The minimum atomic E-state index is -0.720. The van der Waals surface area contributed by atoms with Crippen molar-refractivity contribution in [1.29, 1.82) is 0 Å². The molecule has 0 amide bonds. The van der Waals surface area contributed by atoms with Crippen molar-refractivity contribution in [1.82, 2.24) is 14.5 Å². The van der Waals surface area contributed by atoms with Crippen LogP contribution in [0.3, 0.4) is 0 Å². The van der Waals surface area contributed by atoms with Crippen molar-refractivity contribution < 1.29 is 14.3 Å². The number of fused-ring (bicyclic) bond motifs is 1. The van der Waals surface area contributed by atoms with Gasteiger partial charge in [-0.1, -0.05) is 0 Å². The third kappa shape index (κ3) is 3.75. The van der Waals surface area contributed by atoms with Crippen LogP contribution in [-0.2, 0) is 17.9 Å². The second-order valence-electron chi connectivity index (χ2n) is 6.58. The van der Waals surface area contributed by atoms with Crippen LogP contribution in [0.4, 0.5) is 4.39 Å². The Balaban J connectivity index is 1.73. The van der Waals surface area contributed by atoms with E-state index in [-0.39, 0.29) is 12.2 Å². The smallest absolute Gasteiger partial charge is 0.303 e. The van der Waals surface area contributed by atoms with E-state index in [2.05, 4.69) is 21.4 Å². The molecule has 1 aliphatic heterocycles. The Bertz CT molecular complexity index is 728. The number of benzene rings is 1. The van der Waals surface area contributed by atoms with Crippen molar-refractivity contribution in [3.63, 3.8) is 0 Å². The van der Waals surface area contributed by atoms with E-state index in [1.807, 2.05) is 0 Å². The summed E-state index contributed by atoms with van der Waals surface area (Å²) in [5.74, 6) is 0.409. The van der Waals surface area contributed by atoms with Gasteiger partial charge in [0.25, 0.3) is 0 Å². The summed E-state index contributed by atoms with van der Waals surface area (Å²) in [5, 5.41) is 8.86. The Kier molecular flexibility index (Phi) is 5.14. The summed E-state index contributed by atoms with van der Waals surface area (Å²) < 4.78 is 15.6. The number of hydrogen-bond acceptors (Lipinski definition) is 3. The maximum atomic E-state index is 13.4. The Morgan fingerprint density at radius 2 is 2.29 bits per heavy atom. The minimum Gasteiger partial charge on any atom is -0.481 e. The lowest BCUT2D eigenvalue weighted by Crippen LogP contribution is -2.35. The Hall–Kier alpha value is -1.95. The molecule has 1 aliphatic rings. The summed E-state index contributed by atoms with van der Waals surface area (Å²) in [4.78, 5) is 17.7. The summed E-state index contributed by atoms with van der Waals surface area (Å²) in [7, 11) is 0. The first kappa shape index (κ1) is 16.9. The maximum absolute atomic E-state index is 13.4. The quantitative estimate of drug-likeness (QED) is 0.881. The van der Waals surface area contributed by atoms with E-state index >= 15 is 0 Å². The number of nitrogens with zero attached hydrogens (tertiary/aromatic N) is 3. The van der Waals surface area contributed by atoms with Crippen molar-refractivity contribution in [3.05, 3.63) is 29.8 Å². The van der Waals surface area contributed by atoms with E-state index in [1.165, 1.54) is 12.1 Å². The average Bonchev–Trinajstić information content (AvgIpc) is 2.89. The average molecular weight is 333 g/mol. The number of rotatable bonds is 6. The van der Waals surface area contributed by atoms with Gasteiger partial charge in [-0.3, -0.25) is 9.69 Å². The molecule has 1 aromatic heterocycles. The third-order valence-corrected chi connectivity index (χ3v) is 4.84. The molecule has 1 N–H and O–H groups in total. The van der Waals surface area contributed by atoms with Gasteiger partial charge < -0.3 is 9.67 Å². The molecule has 0 spiro atoms. The van der Waals surface area contributed by atoms with Crippen molar-refractivity contribution in [3.8, 4) is 0 Å². The standard InChI is InChI=1S/C18H24FN3O2/c1-2-22-16-7-6-14(19)10-15(16)20-17(22)12-21-9-3-4-13(11-21)5-8-18(23)24/h6-7,10,13H,2-5,8-9,11-12H2,1H3,(H,23,24). The van der Waals surface area contributed by atoms with Crippen LogP contribution in [0.5, 0.6) is 0 Å². The highest BCUT2D eigenvalue weighted by Gasteiger charge is 2.22. The predicted octanol–water partition coefficient (Wildman–Crippen LogP) is 3.27. The fourth-order valence-electron chi connectivity index (χ4n) is 3.68. The van der Waals surface area contributed by atoms with Crippen LogP contribution in [0.25, 0.3) is 11.0 Å². The van der Waals surface area contributed by atoms with Crippen LogP contribution in [-0.4, -0.2) is 38.6 Å². The number of halogens is 1. The lowest BCUT2D eigenvalue weighted by atomic mass is 9.93. The van der Waals surface area contributed by atoms with Gasteiger partial charge in [-0.05, 0) is 50.8 Å². The monoisotopic (exact) mass is 333 g/mol. The van der Waals surface area contributed by atoms with Gasteiger partial charge in [-0.2, -0.15) is 0 Å². The zero-order valence-corrected chi connectivity index (χ0v) is 14.0. The topological polar surface area (TPSA) is 58.4 Å². The molecule has 24 heavy (non-hydrogen) atoms. The normalized spacial score (nSPS) is 19.0. The molecule has 1 unspecified atom stereocenters. The molecule has 0 saturated carbocycles. The number of carboxylic acid groups (broad SMARTS) is 1. The summed E-state index contributed by atoms with van der Waals surface area (Å²) in [6, 6.07) is 4.75. The van der Waals surface area contributed by atoms with Gasteiger partial charge in [-0.15, -0.1) is 0 Å². The molecule has 130 valence electrons. The van der Waals surface area contributed by atoms with Gasteiger partial charge in [0.15, 0.2) is 0 Å². The number of hydrogen-bond donors (Lipinski definition) is 1. The number of likely N-dealkylation sites (tertiary alicyclic amines) is 1. The largest absolute Gasteiger partial charge is 0.481 e. The van der Waals surface area contributed by atoms with Gasteiger partial charge in [0, 0.05) is 25.6 Å². The van der Waals surface area contributed by atoms with Crippen LogP contribution >= 0.6 is 0 Å². The number of aromatic nitrogens is 2. The summed E-state index contributed by atoms with van der Waals surface area (Å²) >= 11 is 0. The lowest BCUT2D eigenvalue weighted by Gasteiger charge is -2.32. The molecule has 5 nitrogen and oxygen atoms in total. The van der Waals surface area contributed by atoms with Crippen molar-refractivity contribution in [2.75, 3.05) is 13.1 Å². The van der Waals surface area contributed by atoms with Crippen LogP contribution in [0, 0.1) is 11.7 Å². The van der Waals surface area contributed by atoms with Gasteiger partial charge in [0.05, 0.1) is 17.6 Å². The molecular weight excluding hydrogens is 309 g/mol. The molecule has 3 rings (SSSR count).